The summed E-state index contributed by atoms with van der Waals surface area (Å²) in [7, 11) is 1.63. The molecule has 1 aliphatic rings. The van der Waals surface area contributed by atoms with Crippen LogP contribution in [0.3, 0.4) is 0 Å². The summed E-state index contributed by atoms with van der Waals surface area (Å²) in [6, 6.07) is 15.8. The van der Waals surface area contributed by atoms with Crippen molar-refractivity contribution in [2.75, 3.05) is 36.7 Å². The molecule has 8 heteroatoms. The summed E-state index contributed by atoms with van der Waals surface area (Å²) in [4.78, 5) is 20.5. The van der Waals surface area contributed by atoms with Crippen molar-refractivity contribution in [3.8, 4) is 17.1 Å². The van der Waals surface area contributed by atoms with Gasteiger partial charge in [0.2, 0.25) is 11.7 Å². The third kappa shape index (κ3) is 4.59. The summed E-state index contributed by atoms with van der Waals surface area (Å²) in [5, 5.41) is 7.15. The molecule has 4 rings (SSSR count). The minimum atomic E-state index is -0.131. The molecular weight excluding hydrogens is 400 g/mol. The van der Waals surface area contributed by atoms with Gasteiger partial charge >= 0.3 is 6.01 Å². The van der Waals surface area contributed by atoms with Crippen LogP contribution in [-0.4, -0.2) is 42.5 Å². The van der Waals surface area contributed by atoms with Crippen molar-refractivity contribution in [3.63, 3.8) is 0 Å². The number of carbonyl (C=O) groups is 1. The van der Waals surface area contributed by atoms with Gasteiger partial charge in [0.1, 0.15) is 5.75 Å². The molecule has 1 aliphatic heterocycles. The van der Waals surface area contributed by atoms with Crippen molar-refractivity contribution in [1.82, 2.24) is 10.1 Å². The number of nitrogens with zero attached hydrogens (tertiary/aromatic N) is 3. The van der Waals surface area contributed by atoms with E-state index >= 15 is 0 Å². The quantitative estimate of drug-likeness (QED) is 0.590. The molecule has 0 aliphatic carbocycles. The van der Waals surface area contributed by atoms with E-state index in [1.165, 1.54) is 0 Å². The van der Waals surface area contributed by atoms with Crippen LogP contribution in [0.25, 0.3) is 11.4 Å². The number of hydrogen-bond donors (Lipinski definition) is 1. The van der Waals surface area contributed by atoms with Crippen LogP contribution in [0, 0.1) is 5.92 Å². The zero-order valence-corrected chi connectivity index (χ0v) is 17.8. The molecule has 30 heavy (non-hydrogen) atoms. The molecule has 1 amide bonds. The lowest BCUT2D eigenvalue weighted by molar-refractivity contribution is -0.120. The van der Waals surface area contributed by atoms with E-state index in [2.05, 4.69) is 15.5 Å². The van der Waals surface area contributed by atoms with E-state index in [0.717, 1.165) is 41.3 Å². The maximum atomic E-state index is 12.8. The fraction of sp³-hybridized carbons (Fsp3) is 0.318. The smallest absolute Gasteiger partial charge is 0.324 e. The molecule has 7 nitrogen and oxygen atoms in total. The molecule has 0 saturated carbocycles. The molecule has 1 fully saturated rings. The Bertz CT molecular complexity index is 1010. The maximum Gasteiger partial charge on any atom is 0.324 e. The molecule has 0 spiro atoms. The molecule has 1 atom stereocenters. The largest absolute Gasteiger partial charge is 0.497 e. The molecule has 0 bridgehead atoms. The summed E-state index contributed by atoms with van der Waals surface area (Å²) in [5.41, 5.74) is 1.68. The van der Waals surface area contributed by atoms with Crippen molar-refractivity contribution in [3.05, 3.63) is 48.5 Å². The lowest BCUT2D eigenvalue weighted by Gasteiger charge is -2.30. The molecule has 3 aromatic rings. The van der Waals surface area contributed by atoms with Crippen molar-refractivity contribution < 1.29 is 14.1 Å². The SMILES string of the molecule is COc1ccc(-c2noc(N3CCC[C@H](C(=O)Nc4cccc(SC)c4)C3)n2)cc1. The number of hydrogen-bond acceptors (Lipinski definition) is 7. The molecule has 0 unspecified atom stereocenters. The van der Waals surface area contributed by atoms with E-state index in [4.69, 9.17) is 9.26 Å². The highest BCUT2D eigenvalue weighted by Crippen LogP contribution is 2.27. The molecule has 2 heterocycles. The number of ether oxygens (including phenoxy) is 1. The number of rotatable bonds is 6. The minimum absolute atomic E-state index is 0.0212. The van der Waals surface area contributed by atoms with E-state index in [1.807, 2.05) is 59.7 Å². The highest BCUT2D eigenvalue weighted by molar-refractivity contribution is 7.98. The van der Waals surface area contributed by atoms with E-state index in [-0.39, 0.29) is 11.8 Å². The van der Waals surface area contributed by atoms with Gasteiger partial charge in [-0.25, -0.2) is 0 Å². The fourth-order valence-corrected chi connectivity index (χ4v) is 3.97. The lowest BCUT2D eigenvalue weighted by Crippen LogP contribution is -2.41. The standard InChI is InChI=1S/C22H24N4O3S/c1-28-18-10-8-15(9-11-18)20-24-22(29-25-20)26-12-4-5-16(14-26)21(27)23-17-6-3-7-19(13-17)30-2/h3,6-11,13,16H,4-5,12,14H2,1-2H3,(H,23,27)/t16-/m0/s1. The highest BCUT2D eigenvalue weighted by atomic mass is 32.2. The summed E-state index contributed by atoms with van der Waals surface area (Å²) < 4.78 is 10.7. The number of amides is 1. The number of thioether (sulfide) groups is 1. The Hall–Kier alpha value is -3.00. The average Bonchev–Trinajstić information content (AvgIpc) is 3.30. The summed E-state index contributed by atoms with van der Waals surface area (Å²) in [5.74, 6) is 1.18. The topological polar surface area (TPSA) is 80.5 Å². The van der Waals surface area contributed by atoms with Crippen molar-refractivity contribution >= 4 is 29.4 Å². The second-order valence-corrected chi connectivity index (χ2v) is 8.02. The molecule has 0 radical (unpaired) electrons. The lowest BCUT2D eigenvalue weighted by atomic mass is 9.97. The first-order chi connectivity index (χ1) is 14.7. The van der Waals surface area contributed by atoms with E-state index in [0.29, 0.717) is 18.4 Å². The van der Waals surface area contributed by atoms with Gasteiger partial charge in [-0.05, 0) is 61.6 Å². The number of anilines is 2. The van der Waals surface area contributed by atoms with Gasteiger partial charge in [0, 0.05) is 29.2 Å². The summed E-state index contributed by atoms with van der Waals surface area (Å²) in [6.45, 7) is 1.34. The summed E-state index contributed by atoms with van der Waals surface area (Å²) >= 11 is 1.65. The Morgan fingerprint density at radius 2 is 2.10 bits per heavy atom. The van der Waals surface area contributed by atoms with Gasteiger partial charge in [0.25, 0.3) is 0 Å². The number of carbonyl (C=O) groups excluding carboxylic acids is 1. The van der Waals surface area contributed by atoms with Crippen molar-refractivity contribution in [1.29, 1.82) is 0 Å². The maximum absolute atomic E-state index is 12.8. The van der Waals surface area contributed by atoms with Gasteiger partial charge in [-0.3, -0.25) is 4.79 Å². The van der Waals surface area contributed by atoms with Crippen LogP contribution in [0.4, 0.5) is 11.7 Å². The molecule has 156 valence electrons. The van der Waals surface area contributed by atoms with Crippen LogP contribution in [0.2, 0.25) is 0 Å². The predicted molar refractivity (Wildman–Crippen MR) is 118 cm³/mol. The number of methoxy groups -OCH3 is 1. The van der Waals surface area contributed by atoms with Gasteiger partial charge in [0.05, 0.1) is 13.0 Å². The van der Waals surface area contributed by atoms with Crippen LogP contribution in [0.15, 0.2) is 57.9 Å². The van der Waals surface area contributed by atoms with Gasteiger partial charge in [0.15, 0.2) is 0 Å². The zero-order valence-electron chi connectivity index (χ0n) is 17.0. The van der Waals surface area contributed by atoms with Gasteiger partial charge in [-0.15, -0.1) is 11.8 Å². The normalized spacial score (nSPS) is 16.3. The third-order valence-electron chi connectivity index (χ3n) is 5.16. The zero-order chi connectivity index (χ0) is 20.9. The van der Waals surface area contributed by atoms with E-state index < -0.39 is 0 Å². The number of aromatic nitrogens is 2. The Kier molecular flexibility index (Phi) is 6.23. The van der Waals surface area contributed by atoms with Crippen LogP contribution in [0.5, 0.6) is 5.75 Å². The molecule has 1 saturated heterocycles. The van der Waals surface area contributed by atoms with Gasteiger partial charge in [-0.1, -0.05) is 11.2 Å². The Morgan fingerprint density at radius 1 is 1.27 bits per heavy atom. The Labute approximate surface area is 179 Å². The molecular formula is C22H24N4O3S. The van der Waals surface area contributed by atoms with Crippen molar-refractivity contribution in [2.24, 2.45) is 5.92 Å². The second-order valence-electron chi connectivity index (χ2n) is 7.14. The average molecular weight is 425 g/mol. The van der Waals surface area contributed by atoms with Gasteiger partial charge in [-0.2, -0.15) is 4.98 Å². The first-order valence-electron chi connectivity index (χ1n) is 9.84. The summed E-state index contributed by atoms with van der Waals surface area (Å²) in [6.07, 6.45) is 3.75. The van der Waals surface area contributed by atoms with E-state index in [1.54, 1.807) is 18.9 Å². The Morgan fingerprint density at radius 3 is 2.87 bits per heavy atom. The van der Waals surface area contributed by atoms with Crippen LogP contribution in [0.1, 0.15) is 12.8 Å². The Balaban J connectivity index is 1.42. The second kappa shape index (κ2) is 9.21. The minimum Gasteiger partial charge on any atom is -0.497 e. The van der Waals surface area contributed by atoms with Gasteiger partial charge < -0.3 is 19.5 Å². The van der Waals surface area contributed by atoms with Crippen LogP contribution < -0.4 is 15.0 Å². The first kappa shape index (κ1) is 20.3. The molecule has 1 aromatic heterocycles. The first-order valence-corrected chi connectivity index (χ1v) is 11.1. The fourth-order valence-electron chi connectivity index (χ4n) is 3.51. The highest BCUT2D eigenvalue weighted by Gasteiger charge is 2.28. The molecule has 1 N–H and O–H groups in total. The molecule has 2 aromatic carbocycles. The number of nitrogens with one attached hydrogen (secondary N) is 1. The van der Waals surface area contributed by atoms with Crippen LogP contribution in [-0.2, 0) is 4.79 Å². The van der Waals surface area contributed by atoms with E-state index in [9.17, 15) is 4.79 Å². The van der Waals surface area contributed by atoms with Crippen LogP contribution >= 0.6 is 11.8 Å². The monoisotopic (exact) mass is 424 g/mol. The third-order valence-corrected chi connectivity index (χ3v) is 5.89. The number of benzene rings is 2. The number of piperidine rings is 1. The predicted octanol–water partition coefficient (Wildman–Crippen LogP) is 4.32. The van der Waals surface area contributed by atoms with Crippen molar-refractivity contribution in [2.45, 2.75) is 17.7 Å².